The van der Waals surface area contributed by atoms with Gasteiger partial charge in [-0.05, 0) is 48.0 Å². The van der Waals surface area contributed by atoms with E-state index in [-0.39, 0.29) is 5.75 Å². The number of hydrazone groups is 1. The number of phenols is 1. The van der Waals surface area contributed by atoms with Crippen molar-refractivity contribution in [3.8, 4) is 5.75 Å². The molecule has 3 N–H and O–H groups in total. The van der Waals surface area contributed by atoms with Crippen LogP contribution in [0, 0.1) is 0 Å². The zero-order chi connectivity index (χ0) is 15.9. The molecule has 0 aliphatic rings. The van der Waals surface area contributed by atoms with Crippen LogP contribution in [-0.4, -0.2) is 23.1 Å². The summed E-state index contributed by atoms with van der Waals surface area (Å²) >= 11 is 5.78. The van der Waals surface area contributed by atoms with Gasteiger partial charge in [-0.15, -0.1) is 0 Å². The van der Waals surface area contributed by atoms with Crippen LogP contribution in [0.5, 0.6) is 5.75 Å². The predicted octanol–water partition coefficient (Wildman–Crippen LogP) is 2.13. The quantitative estimate of drug-likeness (QED) is 0.460. The van der Waals surface area contributed by atoms with E-state index in [4.69, 9.17) is 16.7 Å². The molecule has 0 saturated heterocycles. The number of nitrogens with one attached hydrogen (secondary N) is 2. The van der Waals surface area contributed by atoms with Crippen LogP contribution in [0.3, 0.4) is 0 Å². The van der Waals surface area contributed by atoms with Gasteiger partial charge >= 0.3 is 11.8 Å². The Balaban J connectivity index is 1.89. The van der Waals surface area contributed by atoms with E-state index < -0.39 is 11.8 Å². The molecule has 0 radical (unpaired) electrons. The first-order valence-corrected chi connectivity index (χ1v) is 6.61. The predicted molar refractivity (Wildman–Crippen MR) is 83.9 cm³/mol. The summed E-state index contributed by atoms with van der Waals surface area (Å²) in [5, 5.41) is 15.6. The van der Waals surface area contributed by atoms with Crippen molar-refractivity contribution in [1.29, 1.82) is 0 Å². The maximum absolute atomic E-state index is 11.6. The molecular formula is C15H12ClN3O3. The van der Waals surface area contributed by atoms with Gasteiger partial charge in [-0.1, -0.05) is 17.7 Å². The molecule has 0 aliphatic heterocycles. The lowest BCUT2D eigenvalue weighted by molar-refractivity contribution is -0.136. The second kappa shape index (κ2) is 7.24. The van der Waals surface area contributed by atoms with E-state index in [9.17, 15) is 9.59 Å². The number of amides is 2. The lowest BCUT2D eigenvalue weighted by Gasteiger charge is -2.03. The molecule has 2 aromatic carbocycles. The van der Waals surface area contributed by atoms with Crippen molar-refractivity contribution in [2.45, 2.75) is 0 Å². The van der Waals surface area contributed by atoms with Crippen LogP contribution in [0.15, 0.2) is 53.6 Å². The van der Waals surface area contributed by atoms with E-state index >= 15 is 0 Å². The highest BCUT2D eigenvalue weighted by atomic mass is 35.5. The number of carbonyl (C=O) groups excluding carboxylic acids is 2. The molecule has 2 rings (SSSR count). The Morgan fingerprint density at radius 1 is 1.09 bits per heavy atom. The third kappa shape index (κ3) is 4.60. The minimum absolute atomic E-state index is 0.127. The van der Waals surface area contributed by atoms with Crippen molar-refractivity contribution >= 4 is 35.3 Å². The zero-order valence-electron chi connectivity index (χ0n) is 11.3. The lowest BCUT2D eigenvalue weighted by atomic mass is 10.2. The van der Waals surface area contributed by atoms with E-state index in [1.807, 2.05) is 0 Å². The number of rotatable bonds is 3. The van der Waals surface area contributed by atoms with Gasteiger partial charge in [-0.3, -0.25) is 9.59 Å². The highest BCUT2D eigenvalue weighted by Gasteiger charge is 2.12. The smallest absolute Gasteiger partial charge is 0.329 e. The van der Waals surface area contributed by atoms with Crippen LogP contribution in [0.1, 0.15) is 5.56 Å². The minimum atomic E-state index is -0.907. The van der Waals surface area contributed by atoms with Crippen molar-refractivity contribution in [2.75, 3.05) is 5.32 Å². The normalized spacial score (nSPS) is 10.4. The van der Waals surface area contributed by atoms with Crippen LogP contribution in [0.4, 0.5) is 5.69 Å². The summed E-state index contributed by atoms with van der Waals surface area (Å²) in [6.45, 7) is 0. The highest BCUT2D eigenvalue weighted by Crippen LogP contribution is 2.14. The van der Waals surface area contributed by atoms with Crippen LogP contribution in [0.25, 0.3) is 0 Å². The minimum Gasteiger partial charge on any atom is -0.508 e. The average molecular weight is 318 g/mol. The van der Waals surface area contributed by atoms with Gasteiger partial charge in [0.25, 0.3) is 0 Å². The molecule has 0 heterocycles. The Morgan fingerprint density at radius 2 is 1.82 bits per heavy atom. The SMILES string of the molecule is O=C(NN=Cc1ccc(O)cc1)C(=O)Nc1cccc(Cl)c1. The van der Waals surface area contributed by atoms with Crippen LogP contribution >= 0.6 is 11.6 Å². The average Bonchev–Trinajstić information content (AvgIpc) is 2.49. The molecule has 22 heavy (non-hydrogen) atoms. The molecular weight excluding hydrogens is 306 g/mol. The van der Waals surface area contributed by atoms with Crippen LogP contribution in [0.2, 0.25) is 5.02 Å². The number of hydrogen-bond donors (Lipinski definition) is 3. The van der Waals surface area contributed by atoms with Gasteiger partial charge in [0.15, 0.2) is 0 Å². The van der Waals surface area contributed by atoms with Crippen molar-refractivity contribution in [3.05, 3.63) is 59.1 Å². The maximum atomic E-state index is 11.6. The first kappa shape index (κ1) is 15.5. The molecule has 2 amide bonds. The fraction of sp³-hybridized carbons (Fsp3) is 0. The molecule has 0 bridgehead atoms. The van der Waals surface area contributed by atoms with Gasteiger partial charge in [0.1, 0.15) is 5.75 Å². The first-order chi connectivity index (χ1) is 10.5. The molecule has 6 nitrogen and oxygen atoms in total. The molecule has 0 aliphatic carbocycles. The third-order valence-electron chi connectivity index (χ3n) is 2.56. The number of phenolic OH excluding ortho intramolecular Hbond substituents is 1. The lowest BCUT2D eigenvalue weighted by Crippen LogP contribution is -2.32. The molecule has 7 heteroatoms. The molecule has 0 fully saturated rings. The van der Waals surface area contributed by atoms with E-state index in [0.29, 0.717) is 16.3 Å². The largest absolute Gasteiger partial charge is 0.508 e. The number of halogens is 1. The van der Waals surface area contributed by atoms with Crippen molar-refractivity contribution in [1.82, 2.24) is 5.43 Å². The summed E-state index contributed by atoms with van der Waals surface area (Å²) in [5.41, 5.74) is 3.18. The van der Waals surface area contributed by atoms with Crippen molar-refractivity contribution in [2.24, 2.45) is 5.10 Å². The molecule has 0 spiro atoms. The summed E-state index contributed by atoms with van der Waals surface area (Å²) in [7, 11) is 0. The summed E-state index contributed by atoms with van der Waals surface area (Å²) in [4.78, 5) is 23.2. The van der Waals surface area contributed by atoms with Gasteiger partial charge in [-0.25, -0.2) is 5.43 Å². The van der Waals surface area contributed by atoms with Gasteiger partial charge in [0.2, 0.25) is 0 Å². The fourth-order valence-corrected chi connectivity index (χ4v) is 1.72. The Bertz CT molecular complexity index is 714. The number of aromatic hydroxyl groups is 1. The van der Waals surface area contributed by atoms with E-state index in [1.54, 1.807) is 30.3 Å². The summed E-state index contributed by atoms with van der Waals surface area (Å²) in [6.07, 6.45) is 1.35. The molecule has 0 aromatic heterocycles. The van der Waals surface area contributed by atoms with Crippen LogP contribution in [-0.2, 0) is 9.59 Å². The number of hydrogen-bond acceptors (Lipinski definition) is 4. The van der Waals surface area contributed by atoms with Gasteiger partial charge in [-0.2, -0.15) is 5.10 Å². The summed E-state index contributed by atoms with van der Waals surface area (Å²) in [6, 6.07) is 12.6. The Labute approximate surface area is 131 Å². The zero-order valence-corrected chi connectivity index (χ0v) is 12.0. The monoisotopic (exact) mass is 317 g/mol. The fourth-order valence-electron chi connectivity index (χ4n) is 1.53. The van der Waals surface area contributed by atoms with E-state index in [1.165, 1.54) is 24.4 Å². The Morgan fingerprint density at radius 3 is 2.50 bits per heavy atom. The molecule has 0 atom stereocenters. The Kier molecular flexibility index (Phi) is 5.11. The van der Waals surface area contributed by atoms with E-state index in [0.717, 1.165) is 0 Å². The Hall–Kier alpha value is -2.86. The maximum Gasteiger partial charge on any atom is 0.329 e. The first-order valence-electron chi connectivity index (χ1n) is 6.23. The second-order valence-corrected chi connectivity index (χ2v) is 4.69. The topological polar surface area (TPSA) is 90.8 Å². The molecule has 0 saturated carbocycles. The van der Waals surface area contributed by atoms with Gasteiger partial charge in [0, 0.05) is 10.7 Å². The molecule has 112 valence electrons. The summed E-state index contributed by atoms with van der Waals surface area (Å²) in [5.74, 6) is -1.64. The number of anilines is 1. The molecule has 2 aromatic rings. The van der Waals surface area contributed by atoms with Crippen molar-refractivity contribution < 1.29 is 14.7 Å². The van der Waals surface area contributed by atoms with Crippen molar-refractivity contribution in [3.63, 3.8) is 0 Å². The molecule has 0 unspecified atom stereocenters. The van der Waals surface area contributed by atoms with Gasteiger partial charge < -0.3 is 10.4 Å². The second-order valence-electron chi connectivity index (χ2n) is 4.26. The summed E-state index contributed by atoms with van der Waals surface area (Å²) < 4.78 is 0. The number of benzene rings is 2. The van der Waals surface area contributed by atoms with Gasteiger partial charge in [0.05, 0.1) is 6.21 Å². The van der Waals surface area contributed by atoms with Crippen LogP contribution < -0.4 is 10.7 Å². The number of nitrogens with zero attached hydrogens (tertiary/aromatic N) is 1. The highest BCUT2D eigenvalue weighted by molar-refractivity contribution is 6.39. The third-order valence-corrected chi connectivity index (χ3v) is 2.80. The van der Waals surface area contributed by atoms with E-state index in [2.05, 4.69) is 15.8 Å². The number of carbonyl (C=O) groups is 2. The standard InChI is InChI=1S/C15H12ClN3O3/c16-11-2-1-3-12(8-11)18-14(21)15(22)19-17-9-10-4-6-13(20)7-5-10/h1-9,20H,(H,18,21)(H,19,22).